The molecule has 8 heavy (non-hydrogen) atoms. The number of nitrogens with zero attached hydrogens (tertiary/aromatic N) is 1. The maximum absolute atomic E-state index is 11.6. The number of halogens is 2. The van der Waals surface area contributed by atoms with Crippen LogP contribution in [0.4, 0.5) is 4.48 Å². The van der Waals surface area contributed by atoms with Crippen molar-refractivity contribution in [3.63, 3.8) is 0 Å². The van der Waals surface area contributed by atoms with Gasteiger partial charge in [-0.15, -0.1) is 4.48 Å². The normalized spacial score (nSPS) is 12.5. The lowest BCUT2D eigenvalue weighted by Crippen LogP contribution is -2.16. The lowest BCUT2D eigenvalue weighted by Gasteiger charge is -1.99. The Morgan fingerprint density at radius 3 is 2.12 bits per heavy atom. The molecular weight excluding hydrogens is 252 g/mol. The summed E-state index contributed by atoms with van der Waals surface area (Å²) in [6.45, 7) is 0. The van der Waals surface area contributed by atoms with E-state index in [1.165, 1.54) is 0 Å². The third kappa shape index (κ3) is 2.20. The topological polar surface area (TPSA) is 46.6 Å². The maximum atomic E-state index is 11.6. The molecule has 0 aromatic heterocycles. The molecule has 0 aromatic rings. The van der Waals surface area contributed by atoms with Crippen LogP contribution in [0.3, 0.4) is 0 Å². The largest absolute Gasteiger partial charge is 0.373 e. The van der Waals surface area contributed by atoms with Gasteiger partial charge in [0.05, 0.1) is 0 Å². The van der Waals surface area contributed by atoms with Crippen LogP contribution in [0.5, 0.6) is 0 Å². The molecule has 0 unspecified atom stereocenters. The Labute approximate surface area is 60.5 Å². The van der Waals surface area contributed by atoms with E-state index in [0.717, 1.165) is 30.1 Å². The molecule has 0 spiro atoms. The summed E-state index contributed by atoms with van der Waals surface area (Å²) >= 11 is 1.08. The molecule has 0 radical (unpaired) electrons. The summed E-state index contributed by atoms with van der Waals surface area (Å²) in [6.07, 6.45) is 0. The van der Waals surface area contributed by atoms with Crippen LogP contribution in [0.2, 0.25) is 0 Å². The van der Waals surface area contributed by atoms with Crippen molar-refractivity contribution in [2.75, 3.05) is 7.05 Å². The second-order valence-electron chi connectivity index (χ2n) is 0.911. The SMILES string of the molecule is CN(F)S(=O)(=O)OI. The summed E-state index contributed by atoms with van der Waals surface area (Å²) in [4.78, 5) is 0. The molecule has 50 valence electrons. The first-order chi connectivity index (χ1) is 3.50. The van der Waals surface area contributed by atoms with Crippen LogP contribution in [0.25, 0.3) is 0 Å². The van der Waals surface area contributed by atoms with Crippen molar-refractivity contribution < 1.29 is 15.4 Å². The van der Waals surface area contributed by atoms with Crippen molar-refractivity contribution in [1.29, 1.82) is 0 Å². The second kappa shape index (κ2) is 2.90. The van der Waals surface area contributed by atoms with E-state index in [1.807, 2.05) is 0 Å². The highest BCUT2D eigenvalue weighted by molar-refractivity contribution is 14.1. The summed E-state index contributed by atoms with van der Waals surface area (Å²) in [5, 5.41) is 0. The summed E-state index contributed by atoms with van der Waals surface area (Å²) in [5.41, 5.74) is 0. The van der Waals surface area contributed by atoms with Crippen molar-refractivity contribution in [1.82, 2.24) is 4.53 Å². The van der Waals surface area contributed by atoms with Crippen molar-refractivity contribution in [3.8, 4) is 0 Å². The van der Waals surface area contributed by atoms with Crippen molar-refractivity contribution in [2.24, 2.45) is 0 Å². The van der Waals surface area contributed by atoms with Crippen LogP contribution in [0.15, 0.2) is 0 Å². The minimum absolute atomic E-state index is 0.514. The molecule has 0 aromatic carbocycles. The molecule has 0 saturated heterocycles. The molecule has 0 aliphatic heterocycles. The third-order valence-electron chi connectivity index (χ3n) is 0.388. The van der Waals surface area contributed by atoms with Crippen LogP contribution in [-0.4, -0.2) is 20.0 Å². The molecule has 0 bridgehead atoms. The second-order valence-corrected chi connectivity index (χ2v) is 3.47. The van der Waals surface area contributed by atoms with Crippen molar-refractivity contribution in [3.05, 3.63) is 0 Å². The lowest BCUT2D eigenvalue weighted by molar-refractivity contribution is 0.165. The maximum Gasteiger partial charge on any atom is 0.373 e. The molecule has 0 atom stereocenters. The predicted octanol–water partition coefficient (Wildman–Crippen LogP) is 0.414. The average Bonchev–Trinajstić information content (AvgIpc) is 1.67. The van der Waals surface area contributed by atoms with Gasteiger partial charge >= 0.3 is 10.3 Å². The monoisotopic (exact) mass is 255 g/mol. The summed E-state index contributed by atoms with van der Waals surface area (Å²) in [7, 11) is -3.35. The first-order valence-corrected chi connectivity index (χ1v) is 3.70. The Morgan fingerprint density at radius 2 is 2.12 bits per heavy atom. The van der Waals surface area contributed by atoms with E-state index in [9.17, 15) is 12.9 Å². The number of hydrogen-bond donors (Lipinski definition) is 0. The van der Waals surface area contributed by atoms with Gasteiger partial charge in [-0.3, -0.25) is 0 Å². The fraction of sp³-hybridized carbons (Fsp3) is 1.00. The van der Waals surface area contributed by atoms with Gasteiger partial charge in [-0.25, -0.2) is 0 Å². The van der Waals surface area contributed by atoms with E-state index in [0.29, 0.717) is 0 Å². The molecular formula is CH3FINO3S. The third-order valence-corrected chi connectivity index (χ3v) is 2.53. The smallest absolute Gasteiger partial charge is 0.185 e. The fourth-order valence-corrected chi connectivity index (χ4v) is 0.781. The van der Waals surface area contributed by atoms with Gasteiger partial charge in [0.1, 0.15) is 23.0 Å². The lowest BCUT2D eigenvalue weighted by atomic mass is 11.6. The van der Waals surface area contributed by atoms with Gasteiger partial charge in [0.15, 0.2) is 0 Å². The van der Waals surface area contributed by atoms with Crippen LogP contribution >= 0.6 is 23.0 Å². The first-order valence-electron chi connectivity index (χ1n) is 1.45. The molecule has 0 aliphatic rings. The van der Waals surface area contributed by atoms with E-state index in [2.05, 4.69) is 2.51 Å². The van der Waals surface area contributed by atoms with Gasteiger partial charge in [0.25, 0.3) is 0 Å². The minimum Gasteiger partial charge on any atom is -0.185 e. The zero-order valence-electron chi connectivity index (χ0n) is 3.84. The molecule has 0 aliphatic carbocycles. The van der Waals surface area contributed by atoms with Crippen molar-refractivity contribution >= 4 is 33.3 Å². The standard InChI is InChI=1S/CH3FINO3S/c1-4(2)8(5,6)7-3/h1H3. The van der Waals surface area contributed by atoms with E-state index in [-0.39, 0.29) is 0 Å². The minimum atomic E-state index is -4.08. The van der Waals surface area contributed by atoms with Crippen LogP contribution in [0, 0.1) is 0 Å². The molecule has 0 saturated carbocycles. The Morgan fingerprint density at radius 1 is 1.75 bits per heavy atom. The zero-order valence-corrected chi connectivity index (χ0v) is 6.81. The van der Waals surface area contributed by atoms with Gasteiger partial charge in [0, 0.05) is 7.05 Å². The van der Waals surface area contributed by atoms with E-state index >= 15 is 0 Å². The van der Waals surface area contributed by atoms with Crippen LogP contribution < -0.4 is 0 Å². The summed E-state index contributed by atoms with van der Waals surface area (Å²) < 4.78 is 34.8. The quantitative estimate of drug-likeness (QED) is 0.530. The van der Waals surface area contributed by atoms with E-state index < -0.39 is 14.8 Å². The average molecular weight is 255 g/mol. The molecule has 0 heterocycles. The van der Waals surface area contributed by atoms with Gasteiger partial charge < -0.3 is 0 Å². The Balaban J connectivity index is 4.17. The molecule has 4 nitrogen and oxygen atoms in total. The fourth-order valence-electron chi connectivity index (χ4n) is 0.0388. The molecule has 0 amide bonds. The molecule has 0 fully saturated rings. The highest BCUT2D eigenvalue weighted by Crippen LogP contribution is 2.03. The number of rotatable bonds is 2. The van der Waals surface area contributed by atoms with Gasteiger partial charge in [-0.05, 0) is 4.53 Å². The highest BCUT2D eigenvalue weighted by Gasteiger charge is 2.15. The Hall–Kier alpha value is 0.530. The Kier molecular flexibility index (Phi) is 3.09. The first kappa shape index (κ1) is 8.53. The van der Waals surface area contributed by atoms with E-state index in [1.54, 1.807) is 0 Å². The summed E-state index contributed by atoms with van der Waals surface area (Å²) in [5.74, 6) is 0. The van der Waals surface area contributed by atoms with Crippen LogP contribution in [-0.2, 0) is 12.8 Å². The summed E-state index contributed by atoms with van der Waals surface area (Å²) in [6, 6.07) is 0. The van der Waals surface area contributed by atoms with Crippen molar-refractivity contribution in [2.45, 2.75) is 0 Å². The molecule has 0 N–H and O–H groups in total. The molecule has 0 rings (SSSR count). The zero-order chi connectivity index (χ0) is 6.78. The molecule has 7 heteroatoms. The number of hydrogen-bond acceptors (Lipinski definition) is 3. The predicted molar refractivity (Wildman–Crippen MR) is 32.9 cm³/mol. The Bertz CT molecular complexity index is 153. The van der Waals surface area contributed by atoms with Gasteiger partial charge in [-0.2, -0.15) is 10.9 Å². The van der Waals surface area contributed by atoms with Gasteiger partial charge in [0.2, 0.25) is 0 Å². The van der Waals surface area contributed by atoms with Gasteiger partial charge in [-0.1, -0.05) is 0 Å². The highest BCUT2D eigenvalue weighted by atomic mass is 127. The van der Waals surface area contributed by atoms with Crippen LogP contribution in [0.1, 0.15) is 0 Å². The van der Waals surface area contributed by atoms with E-state index in [4.69, 9.17) is 0 Å².